The maximum Gasteiger partial charge on any atom is 0.329 e. The lowest BCUT2D eigenvalue weighted by Crippen LogP contribution is -2.64. The number of urea groups is 1. The van der Waals surface area contributed by atoms with E-state index in [0.29, 0.717) is 17.9 Å². The zero-order valence-corrected chi connectivity index (χ0v) is 15.9. The van der Waals surface area contributed by atoms with Crippen LogP contribution in [0.5, 0.6) is 5.75 Å². The van der Waals surface area contributed by atoms with Crippen LogP contribution in [0.15, 0.2) is 59.5 Å². The molecule has 2 aromatic carbocycles. The Kier molecular flexibility index (Phi) is 4.56. The molecule has 0 aromatic heterocycles. The van der Waals surface area contributed by atoms with Crippen LogP contribution < -0.4 is 15.0 Å². The quantitative estimate of drug-likeness (QED) is 0.839. The number of sulfonamides is 1. The highest BCUT2D eigenvalue weighted by atomic mass is 32.2. The number of imide groups is 1. The zero-order chi connectivity index (χ0) is 19.9. The van der Waals surface area contributed by atoms with Gasteiger partial charge in [0.05, 0.1) is 23.7 Å². The Labute approximate surface area is 162 Å². The van der Waals surface area contributed by atoms with Gasteiger partial charge in [-0.05, 0) is 42.8 Å². The van der Waals surface area contributed by atoms with Gasteiger partial charge in [-0.3, -0.25) is 4.79 Å². The van der Waals surface area contributed by atoms with Crippen molar-refractivity contribution in [3.63, 3.8) is 0 Å². The Morgan fingerprint density at radius 1 is 1.04 bits per heavy atom. The van der Waals surface area contributed by atoms with Crippen LogP contribution in [0.1, 0.15) is 6.42 Å². The van der Waals surface area contributed by atoms with Crippen LogP contribution in [0.25, 0.3) is 0 Å². The van der Waals surface area contributed by atoms with Crippen molar-refractivity contribution in [2.75, 3.05) is 18.6 Å². The molecule has 4 rings (SSSR count). The number of para-hydroxylation sites is 1. The van der Waals surface area contributed by atoms with E-state index in [4.69, 9.17) is 4.74 Å². The van der Waals surface area contributed by atoms with Crippen molar-refractivity contribution in [3.05, 3.63) is 54.6 Å². The molecule has 3 amide bonds. The van der Waals surface area contributed by atoms with Gasteiger partial charge in [0.25, 0.3) is 5.91 Å². The van der Waals surface area contributed by atoms with Crippen LogP contribution in [-0.4, -0.2) is 50.4 Å². The molecule has 2 atom stereocenters. The second-order valence-corrected chi connectivity index (χ2v) is 8.48. The molecule has 28 heavy (non-hydrogen) atoms. The van der Waals surface area contributed by atoms with E-state index in [9.17, 15) is 18.0 Å². The number of anilines is 1. The molecule has 0 spiro atoms. The number of carbonyl (C=O) groups is 2. The fourth-order valence-corrected chi connectivity index (χ4v) is 5.27. The normalized spacial score (nSPS) is 22.7. The summed E-state index contributed by atoms with van der Waals surface area (Å²) in [5, 5.41) is 2.77. The van der Waals surface area contributed by atoms with Crippen molar-refractivity contribution < 1.29 is 22.7 Å². The van der Waals surface area contributed by atoms with Crippen molar-refractivity contribution in [1.82, 2.24) is 9.62 Å². The van der Waals surface area contributed by atoms with E-state index in [2.05, 4.69) is 5.32 Å². The maximum absolute atomic E-state index is 13.2. The third-order valence-electron chi connectivity index (χ3n) is 5.02. The maximum atomic E-state index is 13.2. The molecule has 146 valence electrons. The average molecular weight is 401 g/mol. The van der Waals surface area contributed by atoms with Crippen LogP contribution in [0, 0.1) is 0 Å². The monoisotopic (exact) mass is 401 g/mol. The minimum Gasteiger partial charge on any atom is -0.497 e. The van der Waals surface area contributed by atoms with Gasteiger partial charge in [0, 0.05) is 6.54 Å². The van der Waals surface area contributed by atoms with Gasteiger partial charge in [-0.15, -0.1) is 0 Å². The number of hydrogen-bond acceptors (Lipinski definition) is 5. The highest BCUT2D eigenvalue weighted by molar-refractivity contribution is 7.89. The molecule has 2 aromatic rings. The predicted octanol–water partition coefficient (Wildman–Crippen LogP) is 1.58. The van der Waals surface area contributed by atoms with Gasteiger partial charge < -0.3 is 10.1 Å². The predicted molar refractivity (Wildman–Crippen MR) is 102 cm³/mol. The molecule has 0 radical (unpaired) electrons. The Morgan fingerprint density at radius 3 is 2.36 bits per heavy atom. The number of hydrogen-bond donors (Lipinski definition) is 1. The number of fused-ring (bicyclic) bond motifs is 1. The van der Waals surface area contributed by atoms with Gasteiger partial charge in [0.2, 0.25) is 10.0 Å². The van der Waals surface area contributed by atoms with Gasteiger partial charge >= 0.3 is 6.03 Å². The summed E-state index contributed by atoms with van der Waals surface area (Å²) in [6, 6.07) is 12.4. The minimum absolute atomic E-state index is 0.0740. The van der Waals surface area contributed by atoms with Crippen LogP contribution in [-0.2, 0) is 14.8 Å². The molecule has 0 saturated carbocycles. The Bertz CT molecular complexity index is 1010. The summed E-state index contributed by atoms with van der Waals surface area (Å²) in [4.78, 5) is 26.7. The van der Waals surface area contributed by atoms with Crippen molar-refractivity contribution in [2.24, 2.45) is 0 Å². The highest BCUT2D eigenvalue weighted by Crippen LogP contribution is 2.32. The molecule has 2 aliphatic heterocycles. The summed E-state index contributed by atoms with van der Waals surface area (Å²) in [6.45, 7) is 0.151. The van der Waals surface area contributed by atoms with Crippen molar-refractivity contribution >= 4 is 27.6 Å². The van der Waals surface area contributed by atoms with Crippen LogP contribution in [0.4, 0.5) is 10.5 Å². The molecule has 0 bridgehead atoms. The van der Waals surface area contributed by atoms with Crippen molar-refractivity contribution in [2.45, 2.75) is 23.4 Å². The molecule has 8 nitrogen and oxygen atoms in total. The van der Waals surface area contributed by atoms with Crippen LogP contribution >= 0.6 is 0 Å². The van der Waals surface area contributed by atoms with Gasteiger partial charge in [0.15, 0.2) is 0 Å². The number of ether oxygens (including phenoxy) is 1. The molecular formula is C19H19N3O5S. The molecular weight excluding hydrogens is 382 g/mol. The fraction of sp³-hybridized carbons (Fsp3) is 0.263. The number of benzene rings is 2. The first-order chi connectivity index (χ1) is 13.4. The summed E-state index contributed by atoms with van der Waals surface area (Å²) in [6.07, 6.45) is 0.375. The fourth-order valence-electron chi connectivity index (χ4n) is 3.64. The lowest BCUT2D eigenvalue weighted by atomic mass is 10.1. The van der Waals surface area contributed by atoms with Crippen LogP contribution in [0.2, 0.25) is 0 Å². The first kappa shape index (κ1) is 18.5. The van der Waals surface area contributed by atoms with E-state index in [1.54, 1.807) is 42.5 Å². The van der Waals surface area contributed by atoms with E-state index in [0.717, 1.165) is 4.90 Å². The molecule has 2 saturated heterocycles. The number of nitrogens with one attached hydrogen (secondary N) is 1. The molecule has 1 N–H and O–H groups in total. The van der Waals surface area contributed by atoms with Crippen molar-refractivity contribution in [1.29, 1.82) is 0 Å². The minimum atomic E-state index is -3.91. The molecule has 2 aliphatic rings. The van der Waals surface area contributed by atoms with Crippen LogP contribution in [0.3, 0.4) is 0 Å². The number of methoxy groups -OCH3 is 1. The smallest absolute Gasteiger partial charge is 0.329 e. The summed E-state index contributed by atoms with van der Waals surface area (Å²) in [5.41, 5.74) is 0.400. The lowest BCUT2D eigenvalue weighted by Gasteiger charge is -2.36. The SMILES string of the molecule is COc1ccc(S(=O)(=O)N2CCC3NC(=O)N(c4ccccc4)C(=O)C32)cc1. The summed E-state index contributed by atoms with van der Waals surface area (Å²) < 4.78 is 32.6. The van der Waals surface area contributed by atoms with E-state index in [-0.39, 0.29) is 11.4 Å². The molecule has 9 heteroatoms. The van der Waals surface area contributed by atoms with Crippen molar-refractivity contribution in [3.8, 4) is 5.75 Å². The number of rotatable bonds is 4. The lowest BCUT2D eigenvalue weighted by molar-refractivity contribution is -0.122. The third-order valence-corrected chi connectivity index (χ3v) is 6.91. The molecule has 2 fully saturated rings. The molecule has 2 heterocycles. The first-order valence-electron chi connectivity index (χ1n) is 8.79. The molecule has 0 aliphatic carbocycles. The summed E-state index contributed by atoms with van der Waals surface area (Å²) >= 11 is 0. The first-order valence-corrected chi connectivity index (χ1v) is 10.2. The summed E-state index contributed by atoms with van der Waals surface area (Å²) in [7, 11) is -2.41. The van der Waals surface area contributed by atoms with Gasteiger partial charge in [-0.25, -0.2) is 18.1 Å². The Morgan fingerprint density at radius 2 is 1.71 bits per heavy atom. The van der Waals surface area contributed by atoms with E-state index < -0.39 is 34.0 Å². The van der Waals surface area contributed by atoms with Gasteiger partial charge in [0.1, 0.15) is 11.8 Å². The molecule has 2 unspecified atom stereocenters. The Hall–Kier alpha value is -2.91. The van der Waals surface area contributed by atoms with E-state index in [1.165, 1.54) is 23.5 Å². The standard InChI is InChI=1S/C19H19N3O5S/c1-27-14-7-9-15(10-8-14)28(25,26)21-12-11-16-17(21)18(23)22(19(24)20-16)13-5-3-2-4-6-13/h2-10,16-17H,11-12H2,1H3,(H,20,24). The Balaban J connectivity index is 1.68. The topological polar surface area (TPSA) is 96.0 Å². The highest BCUT2D eigenvalue weighted by Gasteiger charge is 2.52. The largest absolute Gasteiger partial charge is 0.497 e. The second kappa shape index (κ2) is 6.92. The number of amides is 3. The average Bonchev–Trinajstić information content (AvgIpc) is 3.14. The van der Waals surface area contributed by atoms with Gasteiger partial charge in [-0.1, -0.05) is 18.2 Å². The van der Waals surface area contributed by atoms with E-state index >= 15 is 0 Å². The number of carbonyl (C=O) groups excluding carboxylic acids is 2. The third kappa shape index (κ3) is 2.92. The summed E-state index contributed by atoms with van der Waals surface area (Å²) in [5.74, 6) is -0.0101. The number of nitrogens with zero attached hydrogens (tertiary/aromatic N) is 2. The van der Waals surface area contributed by atoms with Gasteiger partial charge in [-0.2, -0.15) is 4.31 Å². The van der Waals surface area contributed by atoms with E-state index in [1.807, 2.05) is 0 Å². The second-order valence-electron chi connectivity index (χ2n) is 6.59. The zero-order valence-electron chi connectivity index (χ0n) is 15.1.